The highest BCUT2D eigenvalue weighted by Crippen LogP contribution is 2.29. The van der Waals surface area contributed by atoms with Crippen molar-refractivity contribution in [1.82, 2.24) is 5.32 Å². The summed E-state index contributed by atoms with van der Waals surface area (Å²) < 4.78 is 11.3. The van der Waals surface area contributed by atoms with Crippen LogP contribution < -0.4 is 5.32 Å². The van der Waals surface area contributed by atoms with Gasteiger partial charge in [0.2, 0.25) is 0 Å². The molecule has 1 aromatic rings. The maximum absolute atomic E-state index is 6.03. The van der Waals surface area contributed by atoms with Crippen molar-refractivity contribution in [2.45, 2.75) is 45.4 Å². The lowest BCUT2D eigenvalue weighted by molar-refractivity contribution is -0.0633. The average molecular weight is 249 g/mol. The van der Waals surface area contributed by atoms with Crippen LogP contribution >= 0.6 is 0 Å². The molecule has 0 bridgehead atoms. The Balaban J connectivity index is 1.82. The fraction of sp³-hybridized carbons (Fsp3) is 0.600. The van der Waals surface area contributed by atoms with Crippen molar-refractivity contribution in [3.63, 3.8) is 0 Å². The second-order valence-electron chi connectivity index (χ2n) is 5.23. The van der Waals surface area contributed by atoms with Crippen molar-refractivity contribution in [3.8, 4) is 0 Å². The monoisotopic (exact) mass is 249 g/mol. The van der Waals surface area contributed by atoms with E-state index < -0.39 is 0 Å². The fourth-order valence-electron chi connectivity index (χ4n) is 2.57. The Labute approximate surface area is 109 Å². The van der Waals surface area contributed by atoms with Crippen LogP contribution in [0.4, 0.5) is 0 Å². The molecule has 0 unspecified atom stereocenters. The van der Waals surface area contributed by atoms with Gasteiger partial charge in [0.05, 0.1) is 25.0 Å². The van der Waals surface area contributed by atoms with Gasteiger partial charge in [-0.25, -0.2) is 0 Å². The van der Waals surface area contributed by atoms with Crippen molar-refractivity contribution in [3.05, 3.63) is 36.3 Å². The van der Waals surface area contributed by atoms with Crippen LogP contribution in [0.2, 0.25) is 0 Å². The zero-order valence-electron chi connectivity index (χ0n) is 11.3. The normalized spacial score (nSPS) is 28.2. The molecular formula is C15H23NO2. The van der Waals surface area contributed by atoms with Crippen LogP contribution in [0.15, 0.2) is 35.0 Å². The third-order valence-electron chi connectivity index (χ3n) is 3.60. The van der Waals surface area contributed by atoms with Gasteiger partial charge in [0, 0.05) is 12.5 Å². The minimum atomic E-state index is 0.237. The molecule has 0 aromatic carbocycles. The van der Waals surface area contributed by atoms with E-state index >= 15 is 0 Å². The van der Waals surface area contributed by atoms with Gasteiger partial charge in [-0.05, 0) is 38.8 Å². The van der Waals surface area contributed by atoms with Gasteiger partial charge in [0.25, 0.3) is 0 Å². The molecule has 2 rings (SSSR count). The molecule has 1 N–H and O–H groups in total. The molecule has 18 heavy (non-hydrogen) atoms. The van der Waals surface area contributed by atoms with E-state index in [4.69, 9.17) is 9.15 Å². The maximum atomic E-state index is 6.03. The van der Waals surface area contributed by atoms with E-state index in [9.17, 15) is 0 Å². The molecule has 3 atom stereocenters. The van der Waals surface area contributed by atoms with Gasteiger partial charge in [0.1, 0.15) is 5.76 Å². The van der Waals surface area contributed by atoms with Gasteiger partial charge in [-0.15, -0.1) is 0 Å². The van der Waals surface area contributed by atoms with Gasteiger partial charge >= 0.3 is 0 Å². The summed E-state index contributed by atoms with van der Waals surface area (Å²) in [6.07, 6.45) is 4.61. The molecule has 2 heterocycles. The minimum absolute atomic E-state index is 0.237. The summed E-state index contributed by atoms with van der Waals surface area (Å²) in [6.45, 7) is 9.94. The van der Waals surface area contributed by atoms with Crippen LogP contribution in [-0.2, 0) is 11.3 Å². The summed E-state index contributed by atoms with van der Waals surface area (Å²) in [5, 5.41) is 3.40. The Kier molecular flexibility index (Phi) is 4.61. The summed E-state index contributed by atoms with van der Waals surface area (Å²) in [4.78, 5) is 0. The SMILES string of the molecule is C=C(C)[C@@H]1CC[C@@H](C)O[C@@H]1CNCc1ccco1. The number of nitrogens with one attached hydrogen (secondary N) is 1. The van der Waals surface area contributed by atoms with E-state index in [1.165, 1.54) is 12.0 Å². The molecule has 0 amide bonds. The van der Waals surface area contributed by atoms with Crippen LogP contribution in [0.3, 0.4) is 0 Å². The number of rotatable bonds is 5. The zero-order chi connectivity index (χ0) is 13.0. The largest absolute Gasteiger partial charge is 0.468 e. The third kappa shape index (κ3) is 3.47. The first-order valence-electron chi connectivity index (χ1n) is 6.70. The molecule has 0 saturated carbocycles. The Bertz CT molecular complexity index is 372. The zero-order valence-corrected chi connectivity index (χ0v) is 11.3. The van der Waals surface area contributed by atoms with Crippen LogP contribution in [-0.4, -0.2) is 18.8 Å². The topological polar surface area (TPSA) is 34.4 Å². The minimum Gasteiger partial charge on any atom is -0.468 e. The highest BCUT2D eigenvalue weighted by Gasteiger charge is 2.29. The summed E-state index contributed by atoms with van der Waals surface area (Å²) in [6, 6.07) is 3.89. The first-order chi connectivity index (χ1) is 8.66. The van der Waals surface area contributed by atoms with E-state index in [1.807, 2.05) is 12.1 Å². The first-order valence-corrected chi connectivity index (χ1v) is 6.70. The lowest BCUT2D eigenvalue weighted by atomic mass is 9.87. The second-order valence-corrected chi connectivity index (χ2v) is 5.23. The summed E-state index contributed by atoms with van der Waals surface area (Å²) in [7, 11) is 0. The van der Waals surface area contributed by atoms with Gasteiger partial charge < -0.3 is 14.5 Å². The predicted octanol–water partition coefficient (Wildman–Crippen LogP) is 3.13. The molecule has 0 spiro atoms. The lowest BCUT2D eigenvalue weighted by Crippen LogP contribution is -2.41. The van der Waals surface area contributed by atoms with E-state index in [1.54, 1.807) is 6.26 Å². The van der Waals surface area contributed by atoms with E-state index in [0.29, 0.717) is 12.0 Å². The smallest absolute Gasteiger partial charge is 0.117 e. The van der Waals surface area contributed by atoms with Gasteiger partial charge in [-0.1, -0.05) is 12.2 Å². The number of furan rings is 1. The van der Waals surface area contributed by atoms with Crippen LogP contribution in [0, 0.1) is 5.92 Å². The van der Waals surface area contributed by atoms with Crippen molar-refractivity contribution < 1.29 is 9.15 Å². The molecule has 1 saturated heterocycles. The fourth-order valence-corrected chi connectivity index (χ4v) is 2.57. The van der Waals surface area contributed by atoms with Gasteiger partial charge in [-0.2, -0.15) is 0 Å². The molecule has 3 nitrogen and oxygen atoms in total. The molecule has 1 aliphatic rings. The van der Waals surface area contributed by atoms with E-state index in [2.05, 4.69) is 25.7 Å². The first kappa shape index (κ1) is 13.4. The third-order valence-corrected chi connectivity index (χ3v) is 3.60. The van der Waals surface area contributed by atoms with E-state index in [-0.39, 0.29) is 6.10 Å². The highest BCUT2D eigenvalue weighted by atomic mass is 16.5. The van der Waals surface area contributed by atoms with Crippen molar-refractivity contribution >= 4 is 0 Å². The predicted molar refractivity (Wildman–Crippen MR) is 72.3 cm³/mol. The number of hydrogen-bond donors (Lipinski definition) is 1. The quantitative estimate of drug-likeness (QED) is 0.814. The maximum Gasteiger partial charge on any atom is 0.117 e. The van der Waals surface area contributed by atoms with Gasteiger partial charge in [-0.3, -0.25) is 0 Å². The number of hydrogen-bond acceptors (Lipinski definition) is 3. The summed E-state index contributed by atoms with van der Waals surface area (Å²) in [5.74, 6) is 1.44. The second kappa shape index (κ2) is 6.21. The average Bonchev–Trinajstić information content (AvgIpc) is 2.82. The Hall–Kier alpha value is -1.06. The summed E-state index contributed by atoms with van der Waals surface area (Å²) >= 11 is 0. The highest BCUT2D eigenvalue weighted by molar-refractivity contribution is 5.03. The van der Waals surface area contributed by atoms with Crippen LogP contribution in [0.25, 0.3) is 0 Å². The summed E-state index contributed by atoms with van der Waals surface area (Å²) in [5.41, 5.74) is 1.23. The number of ether oxygens (including phenoxy) is 1. The molecule has 100 valence electrons. The molecule has 1 aliphatic heterocycles. The Morgan fingerprint density at radius 2 is 2.33 bits per heavy atom. The van der Waals surface area contributed by atoms with Crippen molar-refractivity contribution in [2.24, 2.45) is 5.92 Å². The van der Waals surface area contributed by atoms with Crippen molar-refractivity contribution in [1.29, 1.82) is 0 Å². The van der Waals surface area contributed by atoms with Crippen LogP contribution in [0.5, 0.6) is 0 Å². The van der Waals surface area contributed by atoms with Gasteiger partial charge in [0.15, 0.2) is 0 Å². The Morgan fingerprint density at radius 3 is 3.00 bits per heavy atom. The molecule has 3 heteroatoms. The van der Waals surface area contributed by atoms with Crippen molar-refractivity contribution in [2.75, 3.05) is 6.54 Å². The standard InChI is InChI=1S/C15H23NO2/c1-11(2)14-7-6-12(3)18-15(14)10-16-9-13-5-4-8-17-13/h4-5,8,12,14-16H,1,6-7,9-10H2,2-3H3/t12-,14+,15-/m1/s1. The molecule has 1 fully saturated rings. The van der Waals surface area contributed by atoms with E-state index in [0.717, 1.165) is 25.3 Å². The molecule has 0 radical (unpaired) electrons. The molecular weight excluding hydrogens is 226 g/mol. The Morgan fingerprint density at radius 1 is 1.50 bits per heavy atom. The molecule has 1 aromatic heterocycles. The lowest BCUT2D eigenvalue weighted by Gasteiger charge is -2.36. The van der Waals surface area contributed by atoms with Crippen LogP contribution in [0.1, 0.15) is 32.4 Å². The molecule has 0 aliphatic carbocycles.